The summed E-state index contributed by atoms with van der Waals surface area (Å²) in [5.41, 5.74) is 3.84. The van der Waals surface area contributed by atoms with Crippen LogP contribution in [-0.4, -0.2) is 42.5 Å². The Balaban J connectivity index is 1.51. The van der Waals surface area contributed by atoms with E-state index in [-0.39, 0.29) is 12.3 Å². The Kier molecular flexibility index (Phi) is 8.06. The summed E-state index contributed by atoms with van der Waals surface area (Å²) in [6, 6.07) is 22.6. The number of nitrogens with one attached hydrogen (secondary N) is 1. The van der Waals surface area contributed by atoms with Crippen LogP contribution >= 0.6 is 0 Å². The van der Waals surface area contributed by atoms with Crippen LogP contribution in [0.4, 0.5) is 0 Å². The maximum atomic E-state index is 13.5. The Hall–Kier alpha value is -3.35. The lowest BCUT2D eigenvalue weighted by molar-refractivity contribution is -0.127. The van der Waals surface area contributed by atoms with Gasteiger partial charge in [-0.15, -0.1) is 0 Å². The largest absolute Gasteiger partial charge is 0.497 e. The zero-order valence-corrected chi connectivity index (χ0v) is 20.2. The maximum absolute atomic E-state index is 13.5. The van der Waals surface area contributed by atoms with Gasteiger partial charge in [0.15, 0.2) is 0 Å². The molecule has 4 rings (SSSR count). The van der Waals surface area contributed by atoms with E-state index in [9.17, 15) is 15.0 Å². The Morgan fingerprint density at radius 3 is 2.49 bits per heavy atom. The molecule has 1 aliphatic rings. The molecule has 3 aromatic rings. The minimum atomic E-state index is -0.767. The third kappa shape index (κ3) is 6.02. The molecule has 0 bridgehead atoms. The van der Waals surface area contributed by atoms with E-state index in [4.69, 9.17) is 9.47 Å². The average molecular weight is 476 g/mol. The highest BCUT2D eigenvalue weighted by atomic mass is 16.5. The summed E-state index contributed by atoms with van der Waals surface area (Å²) in [5, 5.41) is 24.7. The van der Waals surface area contributed by atoms with Crippen LogP contribution in [0.2, 0.25) is 0 Å². The minimum Gasteiger partial charge on any atom is -0.497 e. The molecule has 6 nitrogen and oxygen atoms in total. The van der Waals surface area contributed by atoms with Gasteiger partial charge in [0, 0.05) is 24.3 Å². The molecule has 1 amide bonds. The fraction of sp³-hybridized carbons (Fsp3) is 0.345. The highest BCUT2D eigenvalue weighted by Crippen LogP contribution is 2.32. The number of aliphatic hydroxyl groups is 2. The topological polar surface area (TPSA) is 88.0 Å². The minimum absolute atomic E-state index is 0.175. The lowest BCUT2D eigenvalue weighted by Gasteiger charge is -2.25. The maximum Gasteiger partial charge on any atom is 0.224 e. The quantitative estimate of drug-likeness (QED) is 0.417. The van der Waals surface area contributed by atoms with Crippen molar-refractivity contribution < 1.29 is 24.5 Å². The second-order valence-corrected chi connectivity index (χ2v) is 9.11. The highest BCUT2D eigenvalue weighted by Gasteiger charge is 2.34. The van der Waals surface area contributed by atoms with Crippen molar-refractivity contribution >= 4 is 5.91 Å². The third-order valence-corrected chi connectivity index (χ3v) is 6.70. The molecule has 0 saturated carbocycles. The van der Waals surface area contributed by atoms with Gasteiger partial charge in [0.1, 0.15) is 11.5 Å². The second kappa shape index (κ2) is 11.4. The van der Waals surface area contributed by atoms with Gasteiger partial charge < -0.3 is 25.0 Å². The van der Waals surface area contributed by atoms with Crippen LogP contribution in [0.3, 0.4) is 0 Å². The number of methoxy groups -OCH3 is 2. The molecule has 184 valence electrons. The molecule has 0 radical (unpaired) electrons. The van der Waals surface area contributed by atoms with Crippen molar-refractivity contribution in [2.45, 2.75) is 43.9 Å². The molecule has 0 heterocycles. The Morgan fingerprint density at radius 1 is 1.00 bits per heavy atom. The summed E-state index contributed by atoms with van der Waals surface area (Å²) in [7, 11) is 3.19. The van der Waals surface area contributed by atoms with Crippen molar-refractivity contribution in [2.24, 2.45) is 5.92 Å². The van der Waals surface area contributed by atoms with Crippen LogP contribution in [0.15, 0.2) is 72.8 Å². The van der Waals surface area contributed by atoms with Gasteiger partial charge in [-0.2, -0.15) is 0 Å². The molecule has 2 unspecified atom stereocenters. The summed E-state index contributed by atoms with van der Waals surface area (Å²) in [5.74, 6) is 0.704. The molecule has 3 aromatic carbocycles. The lowest BCUT2D eigenvalue weighted by Crippen LogP contribution is -2.39. The zero-order chi connectivity index (χ0) is 24.8. The van der Waals surface area contributed by atoms with Gasteiger partial charge in [-0.3, -0.25) is 4.79 Å². The molecule has 0 spiro atoms. The highest BCUT2D eigenvalue weighted by molar-refractivity contribution is 5.80. The van der Waals surface area contributed by atoms with Crippen molar-refractivity contribution in [2.75, 3.05) is 14.2 Å². The fourth-order valence-electron chi connectivity index (χ4n) is 4.91. The van der Waals surface area contributed by atoms with Gasteiger partial charge in [0.05, 0.1) is 32.5 Å². The molecule has 0 saturated heterocycles. The van der Waals surface area contributed by atoms with E-state index >= 15 is 0 Å². The van der Waals surface area contributed by atoms with Crippen molar-refractivity contribution in [3.63, 3.8) is 0 Å². The molecular formula is C29H33NO5. The van der Waals surface area contributed by atoms with Gasteiger partial charge in [0.25, 0.3) is 0 Å². The molecule has 4 atom stereocenters. The molecule has 3 N–H and O–H groups in total. The predicted octanol–water partition coefficient (Wildman–Crippen LogP) is 3.63. The van der Waals surface area contributed by atoms with Crippen LogP contribution < -0.4 is 14.8 Å². The number of hydrogen-bond donors (Lipinski definition) is 3. The first-order valence-corrected chi connectivity index (χ1v) is 12.0. The van der Waals surface area contributed by atoms with Gasteiger partial charge in [0.2, 0.25) is 5.91 Å². The first-order valence-electron chi connectivity index (χ1n) is 12.0. The van der Waals surface area contributed by atoms with Crippen LogP contribution in [0, 0.1) is 5.92 Å². The SMILES string of the molecule is COc1ccc(OC)c(CC(O)CC(Cc2ccccc2)C(=O)N[C@H]2c3ccccc3C[C@H]2O)c1. The summed E-state index contributed by atoms with van der Waals surface area (Å²) in [6.07, 6.45) is 0.168. The monoisotopic (exact) mass is 475 g/mol. The van der Waals surface area contributed by atoms with Crippen molar-refractivity contribution in [3.8, 4) is 11.5 Å². The smallest absolute Gasteiger partial charge is 0.224 e. The summed E-state index contributed by atoms with van der Waals surface area (Å²) >= 11 is 0. The Labute approximate surface area is 206 Å². The second-order valence-electron chi connectivity index (χ2n) is 9.11. The van der Waals surface area contributed by atoms with E-state index in [1.165, 1.54) is 0 Å². The average Bonchev–Trinajstić information content (AvgIpc) is 3.18. The number of benzene rings is 3. The van der Waals surface area contributed by atoms with Crippen LogP contribution in [0.5, 0.6) is 11.5 Å². The molecule has 0 aliphatic heterocycles. The Morgan fingerprint density at radius 2 is 1.74 bits per heavy atom. The van der Waals surface area contributed by atoms with Crippen LogP contribution in [0.25, 0.3) is 0 Å². The third-order valence-electron chi connectivity index (χ3n) is 6.70. The number of carbonyl (C=O) groups excluding carboxylic acids is 1. The van der Waals surface area contributed by atoms with Gasteiger partial charge in [-0.05, 0) is 47.7 Å². The summed E-state index contributed by atoms with van der Waals surface area (Å²) in [4.78, 5) is 13.5. The number of carbonyl (C=O) groups is 1. The predicted molar refractivity (Wildman–Crippen MR) is 135 cm³/mol. The van der Waals surface area contributed by atoms with Crippen LogP contribution in [-0.2, 0) is 24.1 Å². The van der Waals surface area contributed by atoms with Crippen molar-refractivity contribution in [1.82, 2.24) is 5.32 Å². The lowest BCUT2D eigenvalue weighted by atomic mass is 9.90. The molecule has 35 heavy (non-hydrogen) atoms. The number of aliphatic hydroxyl groups excluding tert-OH is 2. The normalized spacial score (nSPS) is 18.4. The number of fused-ring (bicyclic) bond motifs is 1. The van der Waals surface area contributed by atoms with E-state index in [1.54, 1.807) is 14.2 Å². The van der Waals surface area contributed by atoms with E-state index in [0.717, 1.165) is 22.3 Å². The fourth-order valence-corrected chi connectivity index (χ4v) is 4.91. The molecule has 6 heteroatoms. The number of rotatable bonds is 10. The van der Waals surface area contributed by atoms with E-state index in [0.29, 0.717) is 30.8 Å². The molecule has 0 fully saturated rings. The van der Waals surface area contributed by atoms with E-state index in [1.807, 2.05) is 72.8 Å². The molecule has 1 aliphatic carbocycles. The number of hydrogen-bond acceptors (Lipinski definition) is 5. The zero-order valence-electron chi connectivity index (χ0n) is 20.2. The summed E-state index contributed by atoms with van der Waals surface area (Å²) in [6.45, 7) is 0. The van der Waals surface area contributed by atoms with Gasteiger partial charge >= 0.3 is 0 Å². The first-order chi connectivity index (χ1) is 17.0. The molecular weight excluding hydrogens is 442 g/mol. The standard InChI is InChI=1S/C29H33NO5/c1-34-24-12-13-27(35-2)21(17-24)15-23(31)16-22(14-19-8-4-3-5-9-19)29(33)30-28-25-11-7-6-10-20(25)18-26(28)32/h3-13,17,22-23,26,28,31-32H,14-16,18H2,1-2H3,(H,30,33)/t22?,23?,26-,28+/m1/s1. The number of ether oxygens (including phenoxy) is 2. The van der Waals surface area contributed by atoms with E-state index < -0.39 is 24.2 Å². The Bertz CT molecular complexity index is 1130. The number of amides is 1. The van der Waals surface area contributed by atoms with Gasteiger partial charge in [-0.1, -0.05) is 54.6 Å². The first kappa shape index (κ1) is 24.8. The van der Waals surface area contributed by atoms with E-state index in [2.05, 4.69) is 5.32 Å². The molecule has 0 aromatic heterocycles. The van der Waals surface area contributed by atoms with Crippen molar-refractivity contribution in [1.29, 1.82) is 0 Å². The summed E-state index contributed by atoms with van der Waals surface area (Å²) < 4.78 is 10.8. The van der Waals surface area contributed by atoms with Crippen LogP contribution in [0.1, 0.15) is 34.7 Å². The van der Waals surface area contributed by atoms with Gasteiger partial charge in [-0.25, -0.2) is 0 Å². The van der Waals surface area contributed by atoms with Crippen molar-refractivity contribution in [3.05, 3.63) is 95.1 Å².